The van der Waals surface area contributed by atoms with Gasteiger partial charge in [0.1, 0.15) is 12.4 Å². The Morgan fingerprint density at radius 1 is 1.15 bits per heavy atom. The number of alkyl halides is 3. The van der Waals surface area contributed by atoms with E-state index in [2.05, 4.69) is 21.2 Å². The number of halogens is 4. The molecule has 0 fully saturated rings. The van der Waals surface area contributed by atoms with Crippen LogP contribution < -0.4 is 10.1 Å². The van der Waals surface area contributed by atoms with Crippen molar-refractivity contribution in [3.8, 4) is 5.75 Å². The van der Waals surface area contributed by atoms with E-state index < -0.39 is 17.6 Å². The number of ether oxygens (including phenoxy) is 2. The smallest absolute Gasteiger partial charge is 0.416 e. The second-order valence-electron chi connectivity index (χ2n) is 5.73. The number of carbonyl (C=O) groups is 1. The lowest BCUT2D eigenvalue weighted by Crippen LogP contribution is -2.15. The first-order valence-electron chi connectivity index (χ1n) is 8.17. The average molecular weight is 446 g/mol. The van der Waals surface area contributed by atoms with Crippen LogP contribution in [0.2, 0.25) is 0 Å². The molecule has 2 rings (SSSR count). The van der Waals surface area contributed by atoms with Crippen LogP contribution in [0, 0.1) is 0 Å². The van der Waals surface area contributed by atoms with Crippen molar-refractivity contribution in [2.45, 2.75) is 19.0 Å². The van der Waals surface area contributed by atoms with E-state index in [0.717, 1.165) is 22.2 Å². The first-order chi connectivity index (χ1) is 12.8. The lowest BCUT2D eigenvalue weighted by Gasteiger charge is -2.15. The van der Waals surface area contributed by atoms with Gasteiger partial charge in [-0.25, -0.2) is 0 Å². The van der Waals surface area contributed by atoms with Crippen LogP contribution in [0.3, 0.4) is 0 Å². The van der Waals surface area contributed by atoms with Crippen LogP contribution in [-0.2, 0) is 22.1 Å². The zero-order valence-corrected chi connectivity index (χ0v) is 16.2. The van der Waals surface area contributed by atoms with Gasteiger partial charge in [0, 0.05) is 18.0 Å². The van der Waals surface area contributed by atoms with E-state index in [1.54, 1.807) is 0 Å². The summed E-state index contributed by atoms with van der Waals surface area (Å²) in [7, 11) is 1.49. The third-order valence-electron chi connectivity index (χ3n) is 3.66. The Morgan fingerprint density at radius 3 is 2.59 bits per heavy atom. The molecule has 4 nitrogen and oxygen atoms in total. The zero-order chi connectivity index (χ0) is 19.9. The molecule has 0 saturated heterocycles. The van der Waals surface area contributed by atoms with E-state index in [1.165, 1.54) is 13.2 Å². The van der Waals surface area contributed by atoms with Gasteiger partial charge in [-0.05, 0) is 42.3 Å². The Bertz CT molecular complexity index is 781. The lowest BCUT2D eigenvalue weighted by molar-refractivity contribution is -0.137. The molecule has 0 unspecified atom stereocenters. The summed E-state index contributed by atoms with van der Waals surface area (Å²) in [4.78, 5) is 12.2. The molecule has 0 aliphatic heterocycles. The number of nitrogens with one attached hydrogen (secondary N) is 1. The van der Waals surface area contributed by atoms with E-state index in [0.29, 0.717) is 6.42 Å². The van der Waals surface area contributed by atoms with E-state index in [1.807, 2.05) is 24.3 Å². The lowest BCUT2D eigenvalue weighted by atomic mass is 10.1. The molecule has 0 bridgehead atoms. The Balaban J connectivity index is 2.09. The highest BCUT2D eigenvalue weighted by atomic mass is 79.9. The minimum Gasteiger partial charge on any atom is -0.489 e. The number of hydrogen-bond donors (Lipinski definition) is 1. The fourth-order valence-corrected chi connectivity index (χ4v) is 2.77. The maximum Gasteiger partial charge on any atom is 0.416 e. The monoisotopic (exact) mass is 445 g/mol. The largest absolute Gasteiger partial charge is 0.489 e. The van der Waals surface area contributed by atoms with Crippen molar-refractivity contribution in [2.24, 2.45) is 0 Å². The number of aryl methyl sites for hydroxylation is 1. The molecule has 146 valence electrons. The van der Waals surface area contributed by atoms with Crippen molar-refractivity contribution >= 4 is 27.5 Å². The number of rotatable bonds is 8. The summed E-state index contributed by atoms with van der Waals surface area (Å²) in [5, 5.41) is 2.52. The van der Waals surface area contributed by atoms with Crippen LogP contribution >= 0.6 is 15.9 Å². The van der Waals surface area contributed by atoms with Crippen LogP contribution in [0.15, 0.2) is 46.9 Å². The van der Waals surface area contributed by atoms with Crippen LogP contribution in [-0.4, -0.2) is 26.2 Å². The van der Waals surface area contributed by atoms with E-state index >= 15 is 0 Å². The molecule has 0 atom stereocenters. The fourth-order valence-electron chi connectivity index (χ4n) is 2.33. The van der Waals surface area contributed by atoms with Gasteiger partial charge in [-0.15, -0.1) is 0 Å². The van der Waals surface area contributed by atoms with Crippen molar-refractivity contribution in [3.63, 3.8) is 0 Å². The molecule has 27 heavy (non-hydrogen) atoms. The van der Waals surface area contributed by atoms with Gasteiger partial charge in [-0.1, -0.05) is 28.1 Å². The van der Waals surface area contributed by atoms with E-state index in [4.69, 9.17) is 9.47 Å². The molecule has 0 saturated carbocycles. The first kappa shape index (κ1) is 21.2. The molecule has 0 aliphatic carbocycles. The summed E-state index contributed by atoms with van der Waals surface area (Å²) in [6.45, 7) is 0.431. The van der Waals surface area contributed by atoms with Gasteiger partial charge in [0.05, 0.1) is 17.9 Å². The van der Waals surface area contributed by atoms with Crippen molar-refractivity contribution < 1.29 is 27.4 Å². The molecule has 0 aromatic heterocycles. The summed E-state index contributed by atoms with van der Waals surface area (Å²) in [5.41, 5.74) is 0.0733. The molecule has 0 radical (unpaired) electrons. The fraction of sp³-hybridized carbons (Fsp3) is 0.316. The maximum atomic E-state index is 13.0. The molecular formula is C19H19BrF3NO3. The van der Waals surface area contributed by atoms with Crippen LogP contribution in [0.4, 0.5) is 18.9 Å². The minimum absolute atomic E-state index is 0.0137. The predicted molar refractivity (Wildman–Crippen MR) is 99.9 cm³/mol. The number of benzene rings is 2. The molecular weight excluding hydrogens is 427 g/mol. The van der Waals surface area contributed by atoms with Crippen LogP contribution in [0.1, 0.15) is 17.5 Å². The van der Waals surface area contributed by atoms with Gasteiger partial charge in [0.15, 0.2) is 0 Å². The molecule has 2 aromatic carbocycles. The summed E-state index contributed by atoms with van der Waals surface area (Å²) in [5.74, 6) is -0.234. The minimum atomic E-state index is -4.51. The first-order valence-corrected chi connectivity index (χ1v) is 8.96. The summed E-state index contributed by atoms with van der Waals surface area (Å²) in [6.07, 6.45) is -3.92. The van der Waals surface area contributed by atoms with Crippen molar-refractivity contribution in [3.05, 3.63) is 58.1 Å². The maximum absolute atomic E-state index is 13.0. The van der Waals surface area contributed by atoms with Gasteiger partial charge in [-0.2, -0.15) is 13.2 Å². The average Bonchev–Trinajstić information content (AvgIpc) is 2.60. The van der Waals surface area contributed by atoms with Gasteiger partial charge in [0.25, 0.3) is 0 Å². The molecule has 0 aliphatic rings. The normalized spacial score (nSPS) is 11.3. The molecule has 0 spiro atoms. The Hall–Kier alpha value is -2.06. The highest BCUT2D eigenvalue weighted by molar-refractivity contribution is 9.10. The van der Waals surface area contributed by atoms with Crippen molar-refractivity contribution in [1.29, 1.82) is 0 Å². The number of anilines is 1. The number of methoxy groups -OCH3 is 1. The molecule has 2 aromatic rings. The Kier molecular flexibility index (Phi) is 7.67. The predicted octanol–water partition coefficient (Wildman–Crippen LogP) is 5.06. The number of amides is 1. The summed E-state index contributed by atoms with van der Waals surface area (Å²) in [6, 6.07) is 10.5. The van der Waals surface area contributed by atoms with Crippen molar-refractivity contribution in [1.82, 2.24) is 0 Å². The van der Waals surface area contributed by atoms with Crippen molar-refractivity contribution in [2.75, 3.05) is 25.6 Å². The second-order valence-corrected chi connectivity index (χ2v) is 6.64. The Morgan fingerprint density at radius 2 is 1.93 bits per heavy atom. The standard InChI is InChI=1S/C19H19BrF3NO3/c1-26-9-10-27-17-7-6-14(19(21,22)23)12-16(17)24-18(25)8-5-13-3-2-4-15(20)11-13/h2-4,6-7,11-12H,5,8-10H2,1H3,(H,24,25). The third-order valence-corrected chi connectivity index (χ3v) is 4.15. The van der Waals surface area contributed by atoms with E-state index in [-0.39, 0.29) is 31.1 Å². The van der Waals surface area contributed by atoms with Gasteiger partial charge in [0.2, 0.25) is 5.91 Å². The van der Waals surface area contributed by atoms with Gasteiger partial charge < -0.3 is 14.8 Å². The van der Waals surface area contributed by atoms with Gasteiger partial charge >= 0.3 is 6.18 Å². The number of carbonyl (C=O) groups excluding carboxylic acids is 1. The SMILES string of the molecule is COCCOc1ccc(C(F)(F)F)cc1NC(=O)CCc1cccc(Br)c1. The summed E-state index contributed by atoms with van der Waals surface area (Å²) >= 11 is 3.36. The molecule has 0 heterocycles. The highest BCUT2D eigenvalue weighted by Crippen LogP contribution is 2.35. The quantitative estimate of drug-likeness (QED) is 0.577. The topological polar surface area (TPSA) is 47.6 Å². The Labute approximate surface area is 163 Å². The van der Waals surface area contributed by atoms with Gasteiger partial charge in [-0.3, -0.25) is 4.79 Å². The summed E-state index contributed by atoms with van der Waals surface area (Å²) < 4.78 is 50.1. The third kappa shape index (κ3) is 6.88. The van der Waals surface area contributed by atoms with Crippen LogP contribution in [0.5, 0.6) is 5.75 Å². The molecule has 8 heteroatoms. The van der Waals surface area contributed by atoms with Crippen LogP contribution in [0.25, 0.3) is 0 Å². The van der Waals surface area contributed by atoms with E-state index in [9.17, 15) is 18.0 Å². The highest BCUT2D eigenvalue weighted by Gasteiger charge is 2.31. The number of hydrogen-bond acceptors (Lipinski definition) is 3. The molecule has 1 N–H and O–H groups in total. The zero-order valence-electron chi connectivity index (χ0n) is 14.6. The second kappa shape index (κ2) is 9.75. The molecule has 1 amide bonds.